The number of nitrogens with zero attached hydrogens (tertiary/aromatic N) is 1. The molecule has 0 aliphatic heterocycles. The van der Waals surface area contributed by atoms with Gasteiger partial charge in [-0.1, -0.05) is 32.9 Å². The van der Waals surface area contributed by atoms with E-state index in [0.29, 0.717) is 0 Å². The average Bonchev–Trinajstić information content (AvgIpc) is 2.28. The van der Waals surface area contributed by atoms with E-state index in [2.05, 4.69) is 26.1 Å². The number of carbonyl (C=O) groups is 1. The summed E-state index contributed by atoms with van der Waals surface area (Å²) < 4.78 is 0. The van der Waals surface area contributed by atoms with E-state index in [1.54, 1.807) is 13.8 Å². The van der Waals surface area contributed by atoms with E-state index in [1.165, 1.54) is 5.56 Å². The van der Waals surface area contributed by atoms with Crippen LogP contribution in [-0.4, -0.2) is 5.91 Å². The molecule has 0 aliphatic carbocycles. The molecule has 3 nitrogen and oxygen atoms in total. The lowest BCUT2D eigenvalue weighted by atomic mass is 9.87. The highest BCUT2D eigenvalue weighted by molar-refractivity contribution is 5.96. The van der Waals surface area contributed by atoms with E-state index in [1.807, 2.05) is 30.3 Å². The van der Waals surface area contributed by atoms with Crippen molar-refractivity contribution in [1.29, 1.82) is 5.26 Å². The van der Waals surface area contributed by atoms with Gasteiger partial charge in [0.1, 0.15) is 5.41 Å². The maximum Gasteiger partial charge on any atom is 0.244 e. The number of rotatable bonds is 2. The van der Waals surface area contributed by atoms with E-state index in [0.717, 1.165) is 5.69 Å². The van der Waals surface area contributed by atoms with E-state index in [-0.39, 0.29) is 11.3 Å². The molecular formula is C15H20N2O. The predicted octanol–water partition coefficient (Wildman–Crippen LogP) is 3.47. The van der Waals surface area contributed by atoms with Gasteiger partial charge in [-0.15, -0.1) is 0 Å². The zero-order valence-electron chi connectivity index (χ0n) is 11.7. The lowest BCUT2D eigenvalue weighted by Gasteiger charge is -2.20. The Morgan fingerprint density at radius 3 is 2.00 bits per heavy atom. The molecule has 96 valence electrons. The summed E-state index contributed by atoms with van der Waals surface area (Å²) in [6, 6.07) is 9.71. The summed E-state index contributed by atoms with van der Waals surface area (Å²) in [5.41, 5.74) is 1.01. The lowest BCUT2D eigenvalue weighted by molar-refractivity contribution is -0.121. The van der Waals surface area contributed by atoms with Crippen molar-refractivity contribution in [2.75, 3.05) is 5.32 Å². The van der Waals surface area contributed by atoms with Crippen LogP contribution >= 0.6 is 0 Å². The van der Waals surface area contributed by atoms with Crippen LogP contribution in [0.1, 0.15) is 40.2 Å². The molecule has 1 aromatic rings. The Hall–Kier alpha value is -1.82. The molecule has 0 saturated heterocycles. The molecule has 3 heteroatoms. The third kappa shape index (κ3) is 3.33. The van der Waals surface area contributed by atoms with E-state index in [9.17, 15) is 4.79 Å². The molecule has 18 heavy (non-hydrogen) atoms. The number of nitriles is 1. The minimum absolute atomic E-state index is 0.0917. The highest BCUT2D eigenvalue weighted by Crippen LogP contribution is 2.24. The summed E-state index contributed by atoms with van der Waals surface area (Å²) in [6.45, 7) is 9.62. The summed E-state index contributed by atoms with van der Waals surface area (Å²) in [6.07, 6.45) is 0. The van der Waals surface area contributed by atoms with Crippen molar-refractivity contribution >= 4 is 11.6 Å². The van der Waals surface area contributed by atoms with Gasteiger partial charge < -0.3 is 5.32 Å². The second-order valence-corrected chi connectivity index (χ2v) is 6.02. The topological polar surface area (TPSA) is 52.9 Å². The van der Waals surface area contributed by atoms with Gasteiger partial charge in [0.05, 0.1) is 6.07 Å². The number of benzene rings is 1. The SMILES string of the molecule is CC(C)(C#N)C(=O)Nc1ccc(C(C)(C)C)cc1. The fourth-order valence-electron chi connectivity index (χ4n) is 1.39. The summed E-state index contributed by atoms with van der Waals surface area (Å²) in [7, 11) is 0. The summed E-state index contributed by atoms with van der Waals surface area (Å²) in [5.74, 6) is -0.284. The maximum absolute atomic E-state index is 11.8. The highest BCUT2D eigenvalue weighted by atomic mass is 16.2. The van der Waals surface area contributed by atoms with Crippen LogP contribution in [0.2, 0.25) is 0 Å². The number of hydrogen-bond acceptors (Lipinski definition) is 2. The van der Waals surface area contributed by atoms with Crippen LogP contribution in [0.15, 0.2) is 24.3 Å². The molecule has 1 N–H and O–H groups in total. The first-order valence-corrected chi connectivity index (χ1v) is 6.00. The number of hydrogen-bond donors (Lipinski definition) is 1. The minimum atomic E-state index is -1.01. The molecule has 0 aromatic heterocycles. The fraction of sp³-hybridized carbons (Fsp3) is 0.467. The number of carbonyl (C=O) groups excluding carboxylic acids is 1. The van der Waals surface area contributed by atoms with Gasteiger partial charge in [-0.25, -0.2) is 0 Å². The van der Waals surface area contributed by atoms with Crippen LogP contribution in [0.4, 0.5) is 5.69 Å². The van der Waals surface area contributed by atoms with Crippen LogP contribution in [0.5, 0.6) is 0 Å². The Morgan fingerprint density at radius 1 is 1.11 bits per heavy atom. The molecule has 0 spiro atoms. The molecule has 0 heterocycles. The van der Waals surface area contributed by atoms with Gasteiger partial charge in [-0.05, 0) is 37.0 Å². The molecule has 0 unspecified atom stereocenters. The van der Waals surface area contributed by atoms with Crippen LogP contribution < -0.4 is 5.32 Å². The Morgan fingerprint density at radius 2 is 1.61 bits per heavy atom. The standard InChI is InChI=1S/C15H20N2O/c1-14(2,3)11-6-8-12(9-7-11)17-13(18)15(4,5)10-16/h6-9H,1-5H3,(H,17,18). The summed E-state index contributed by atoms with van der Waals surface area (Å²) in [4.78, 5) is 11.8. The Bertz CT molecular complexity index is 473. The zero-order valence-corrected chi connectivity index (χ0v) is 11.7. The quantitative estimate of drug-likeness (QED) is 0.866. The van der Waals surface area contributed by atoms with Crippen molar-refractivity contribution in [3.63, 3.8) is 0 Å². The van der Waals surface area contributed by atoms with Crippen molar-refractivity contribution in [3.05, 3.63) is 29.8 Å². The molecule has 0 atom stereocenters. The first-order valence-electron chi connectivity index (χ1n) is 6.00. The normalized spacial score (nSPS) is 11.8. The lowest BCUT2D eigenvalue weighted by Crippen LogP contribution is -2.29. The first kappa shape index (κ1) is 14.2. The van der Waals surface area contributed by atoms with Crippen molar-refractivity contribution in [2.24, 2.45) is 5.41 Å². The smallest absolute Gasteiger partial charge is 0.244 e. The van der Waals surface area contributed by atoms with Crippen molar-refractivity contribution in [2.45, 2.75) is 40.0 Å². The largest absolute Gasteiger partial charge is 0.325 e. The Kier molecular flexibility index (Phi) is 3.81. The second-order valence-electron chi connectivity index (χ2n) is 6.02. The van der Waals surface area contributed by atoms with Crippen molar-refractivity contribution in [3.8, 4) is 6.07 Å². The minimum Gasteiger partial charge on any atom is -0.325 e. The van der Waals surface area contributed by atoms with E-state index < -0.39 is 5.41 Å². The van der Waals surface area contributed by atoms with Crippen LogP contribution in [0.3, 0.4) is 0 Å². The average molecular weight is 244 g/mol. The fourth-order valence-corrected chi connectivity index (χ4v) is 1.39. The number of anilines is 1. The van der Waals surface area contributed by atoms with Gasteiger partial charge in [0.2, 0.25) is 5.91 Å². The number of amides is 1. The molecule has 0 fully saturated rings. The molecular weight excluding hydrogens is 224 g/mol. The monoisotopic (exact) mass is 244 g/mol. The van der Waals surface area contributed by atoms with Gasteiger partial charge in [0, 0.05) is 5.69 Å². The molecule has 0 bridgehead atoms. The third-order valence-corrected chi connectivity index (χ3v) is 2.86. The van der Waals surface area contributed by atoms with Gasteiger partial charge in [-0.3, -0.25) is 4.79 Å². The van der Waals surface area contributed by atoms with Gasteiger partial charge >= 0.3 is 0 Å². The maximum atomic E-state index is 11.8. The number of nitrogens with one attached hydrogen (secondary N) is 1. The molecule has 0 radical (unpaired) electrons. The summed E-state index contributed by atoms with van der Waals surface area (Å²) in [5, 5.41) is 11.6. The Balaban J connectivity index is 2.83. The van der Waals surface area contributed by atoms with E-state index >= 15 is 0 Å². The van der Waals surface area contributed by atoms with Crippen LogP contribution in [-0.2, 0) is 10.2 Å². The predicted molar refractivity (Wildman–Crippen MR) is 73.2 cm³/mol. The Labute approximate surface area is 109 Å². The zero-order chi connectivity index (χ0) is 14.0. The first-order chi connectivity index (χ1) is 8.16. The van der Waals surface area contributed by atoms with E-state index in [4.69, 9.17) is 5.26 Å². The van der Waals surface area contributed by atoms with Crippen molar-refractivity contribution < 1.29 is 4.79 Å². The highest BCUT2D eigenvalue weighted by Gasteiger charge is 2.27. The molecule has 0 aliphatic rings. The summed E-state index contributed by atoms with van der Waals surface area (Å²) >= 11 is 0. The van der Waals surface area contributed by atoms with Gasteiger partial charge in [0.15, 0.2) is 0 Å². The molecule has 1 amide bonds. The van der Waals surface area contributed by atoms with Crippen LogP contribution in [0.25, 0.3) is 0 Å². The van der Waals surface area contributed by atoms with Crippen LogP contribution in [0, 0.1) is 16.7 Å². The van der Waals surface area contributed by atoms with Gasteiger partial charge in [-0.2, -0.15) is 5.26 Å². The van der Waals surface area contributed by atoms with Crippen molar-refractivity contribution in [1.82, 2.24) is 0 Å². The third-order valence-electron chi connectivity index (χ3n) is 2.86. The molecule has 0 saturated carbocycles. The molecule has 1 rings (SSSR count). The molecule has 1 aromatic carbocycles. The van der Waals surface area contributed by atoms with Gasteiger partial charge in [0.25, 0.3) is 0 Å². The second kappa shape index (κ2) is 4.81.